The number of hydrogen-bond donors (Lipinski definition) is 1. The number of nitrogens with one attached hydrogen (secondary N) is 1. The second kappa shape index (κ2) is 11.2. The third-order valence-corrected chi connectivity index (χ3v) is 6.25. The van der Waals surface area contributed by atoms with Gasteiger partial charge >= 0.3 is 0 Å². The maximum absolute atomic E-state index is 14.5. The fraction of sp³-hybridized carbons (Fsp3) is 0.500. The molecule has 1 saturated heterocycles. The van der Waals surface area contributed by atoms with Crippen molar-refractivity contribution < 1.29 is 27.4 Å². The number of hydrogen-bond acceptors (Lipinski definition) is 6. The van der Waals surface area contributed by atoms with Crippen LogP contribution in [0.15, 0.2) is 30.5 Å². The molecule has 0 radical (unpaired) electrons. The molecular formula is C24H29F3N4O3. The van der Waals surface area contributed by atoms with Crippen molar-refractivity contribution in [3.8, 4) is 5.75 Å². The molecule has 1 aliphatic carbocycles. The zero-order valence-corrected chi connectivity index (χ0v) is 19.1. The van der Waals surface area contributed by atoms with Crippen molar-refractivity contribution in [3.05, 3.63) is 59.2 Å². The third-order valence-electron chi connectivity index (χ3n) is 6.25. The van der Waals surface area contributed by atoms with Crippen LogP contribution in [-0.4, -0.2) is 79.7 Å². The first-order valence-corrected chi connectivity index (χ1v) is 11.4. The Bertz CT molecular complexity index is 984. The van der Waals surface area contributed by atoms with Crippen molar-refractivity contribution in [3.63, 3.8) is 0 Å². The van der Waals surface area contributed by atoms with E-state index < -0.39 is 17.6 Å². The van der Waals surface area contributed by atoms with Crippen molar-refractivity contribution in [2.24, 2.45) is 0 Å². The van der Waals surface area contributed by atoms with E-state index in [0.717, 1.165) is 25.7 Å². The highest BCUT2D eigenvalue weighted by molar-refractivity contribution is 5.78. The zero-order chi connectivity index (χ0) is 24.1. The fourth-order valence-corrected chi connectivity index (χ4v) is 4.19. The monoisotopic (exact) mass is 478 g/mol. The molecule has 2 aliphatic rings. The number of benzene rings is 1. The first kappa shape index (κ1) is 24.4. The van der Waals surface area contributed by atoms with Gasteiger partial charge in [0.1, 0.15) is 12.4 Å². The quantitative estimate of drug-likeness (QED) is 0.529. The van der Waals surface area contributed by atoms with Gasteiger partial charge in [-0.15, -0.1) is 0 Å². The molecule has 4 rings (SSSR count). The molecular weight excluding hydrogens is 449 g/mol. The Kier molecular flexibility index (Phi) is 8.02. The molecule has 10 heteroatoms. The number of ether oxygens (including phenoxy) is 2. The normalized spacial score (nSPS) is 20.4. The van der Waals surface area contributed by atoms with Crippen molar-refractivity contribution in [2.45, 2.75) is 25.0 Å². The summed E-state index contributed by atoms with van der Waals surface area (Å²) in [6, 6.07) is 4.67. The molecule has 184 valence electrons. The Labute approximate surface area is 196 Å². The van der Waals surface area contributed by atoms with Crippen LogP contribution in [0, 0.1) is 17.6 Å². The maximum Gasteiger partial charge on any atom is 0.236 e. The van der Waals surface area contributed by atoms with Gasteiger partial charge in [0.05, 0.1) is 13.2 Å². The van der Waals surface area contributed by atoms with Crippen LogP contribution in [0.4, 0.5) is 13.2 Å². The molecule has 0 spiro atoms. The maximum atomic E-state index is 14.5. The Hall–Kier alpha value is -2.69. The molecule has 1 aromatic heterocycles. The lowest BCUT2D eigenvalue weighted by Gasteiger charge is -2.34. The summed E-state index contributed by atoms with van der Waals surface area (Å²) in [4.78, 5) is 20.2. The average molecular weight is 479 g/mol. The van der Waals surface area contributed by atoms with Crippen molar-refractivity contribution in [1.82, 2.24) is 20.1 Å². The van der Waals surface area contributed by atoms with E-state index in [2.05, 4.69) is 15.2 Å². The van der Waals surface area contributed by atoms with Gasteiger partial charge in [0.25, 0.3) is 0 Å². The van der Waals surface area contributed by atoms with Gasteiger partial charge in [-0.25, -0.2) is 13.8 Å². The summed E-state index contributed by atoms with van der Waals surface area (Å²) in [5, 5.41) is 3.22. The van der Waals surface area contributed by atoms with E-state index in [1.54, 1.807) is 7.11 Å². The van der Waals surface area contributed by atoms with E-state index in [0.29, 0.717) is 37.2 Å². The predicted octanol–water partition coefficient (Wildman–Crippen LogP) is 2.31. The molecule has 0 unspecified atom stereocenters. The number of aromatic nitrogens is 1. The molecule has 2 heterocycles. The lowest BCUT2D eigenvalue weighted by molar-refractivity contribution is -0.132. The van der Waals surface area contributed by atoms with Gasteiger partial charge in [-0.2, -0.15) is 4.39 Å². The number of halogens is 3. The SMILES string of the molecule is COCCN1CCN(C(=O)CN[C@@H]2C[C@H]2c2cc(F)cc(F)c2OCc2ccc(F)nc2)CC1. The summed E-state index contributed by atoms with van der Waals surface area (Å²) in [5.41, 5.74) is 0.985. The van der Waals surface area contributed by atoms with Crippen LogP contribution < -0.4 is 10.1 Å². The van der Waals surface area contributed by atoms with Gasteiger partial charge < -0.3 is 19.7 Å². The second-order valence-electron chi connectivity index (χ2n) is 8.63. The molecule has 1 saturated carbocycles. The lowest BCUT2D eigenvalue weighted by Crippen LogP contribution is -2.51. The zero-order valence-electron chi connectivity index (χ0n) is 19.1. The van der Waals surface area contributed by atoms with Crippen molar-refractivity contribution in [2.75, 3.05) is 53.0 Å². The number of carbonyl (C=O) groups excluding carboxylic acids is 1. The predicted molar refractivity (Wildman–Crippen MR) is 119 cm³/mol. The Morgan fingerprint density at radius 2 is 1.97 bits per heavy atom. The molecule has 2 fully saturated rings. The molecule has 2 atom stereocenters. The van der Waals surface area contributed by atoms with Gasteiger partial charge in [-0.3, -0.25) is 9.69 Å². The van der Waals surface area contributed by atoms with Crippen LogP contribution >= 0.6 is 0 Å². The minimum absolute atomic E-state index is 0.0164. The summed E-state index contributed by atoms with van der Waals surface area (Å²) in [7, 11) is 1.67. The highest BCUT2D eigenvalue weighted by Gasteiger charge is 2.41. The number of pyridine rings is 1. The standard InChI is InChI=1S/C24H29F3N4O3/c1-33-9-8-30-4-6-31(7-5-30)23(32)14-28-21-12-18(21)19-10-17(25)11-20(26)24(19)34-15-16-2-3-22(27)29-13-16/h2-3,10-11,13,18,21,28H,4-9,12,14-15H2,1H3/t18-,21+/m0/s1. The van der Waals surface area contributed by atoms with Crippen LogP contribution in [0.3, 0.4) is 0 Å². The van der Waals surface area contributed by atoms with Crippen LogP contribution in [-0.2, 0) is 16.1 Å². The highest BCUT2D eigenvalue weighted by Crippen LogP contribution is 2.46. The fourth-order valence-electron chi connectivity index (χ4n) is 4.19. The van der Waals surface area contributed by atoms with E-state index in [1.165, 1.54) is 24.4 Å². The van der Waals surface area contributed by atoms with E-state index in [-0.39, 0.29) is 36.8 Å². The first-order chi connectivity index (χ1) is 16.4. The molecule has 1 amide bonds. The van der Waals surface area contributed by atoms with E-state index in [4.69, 9.17) is 9.47 Å². The second-order valence-corrected chi connectivity index (χ2v) is 8.63. The van der Waals surface area contributed by atoms with E-state index in [9.17, 15) is 18.0 Å². The lowest BCUT2D eigenvalue weighted by atomic mass is 10.1. The summed E-state index contributed by atoms with van der Waals surface area (Å²) in [5.74, 6) is -2.27. The number of methoxy groups -OCH3 is 1. The number of amides is 1. The van der Waals surface area contributed by atoms with Gasteiger partial charge in [0, 0.05) is 75.2 Å². The summed E-state index contributed by atoms with van der Waals surface area (Å²) >= 11 is 0. The smallest absolute Gasteiger partial charge is 0.236 e. The van der Waals surface area contributed by atoms with E-state index >= 15 is 0 Å². The Balaban J connectivity index is 1.30. The Morgan fingerprint density at radius 3 is 2.68 bits per heavy atom. The Morgan fingerprint density at radius 1 is 1.18 bits per heavy atom. The van der Waals surface area contributed by atoms with Crippen molar-refractivity contribution in [1.29, 1.82) is 0 Å². The van der Waals surface area contributed by atoms with Crippen LogP contribution in [0.25, 0.3) is 0 Å². The minimum atomic E-state index is -0.793. The van der Waals surface area contributed by atoms with Crippen LogP contribution in [0.5, 0.6) is 5.75 Å². The molecule has 0 bridgehead atoms. The number of rotatable bonds is 10. The average Bonchev–Trinajstić information content (AvgIpc) is 3.61. The van der Waals surface area contributed by atoms with Gasteiger partial charge in [-0.1, -0.05) is 0 Å². The molecule has 1 aliphatic heterocycles. The molecule has 2 aromatic rings. The topological polar surface area (TPSA) is 66.9 Å². The van der Waals surface area contributed by atoms with Gasteiger partial charge in [0.15, 0.2) is 11.6 Å². The number of piperazine rings is 1. The molecule has 1 N–H and O–H groups in total. The van der Waals surface area contributed by atoms with Crippen LogP contribution in [0.2, 0.25) is 0 Å². The largest absolute Gasteiger partial charge is 0.485 e. The first-order valence-electron chi connectivity index (χ1n) is 11.4. The summed E-state index contributed by atoms with van der Waals surface area (Å²) in [6.07, 6.45) is 1.95. The van der Waals surface area contributed by atoms with Gasteiger partial charge in [-0.05, 0) is 24.6 Å². The molecule has 1 aromatic carbocycles. The van der Waals surface area contributed by atoms with Gasteiger partial charge in [0.2, 0.25) is 11.9 Å². The van der Waals surface area contributed by atoms with E-state index in [1.807, 2.05) is 4.90 Å². The summed E-state index contributed by atoms with van der Waals surface area (Å²) in [6.45, 7) is 4.64. The minimum Gasteiger partial charge on any atom is -0.485 e. The number of carbonyl (C=O) groups is 1. The highest BCUT2D eigenvalue weighted by atomic mass is 19.1. The van der Waals surface area contributed by atoms with Crippen molar-refractivity contribution >= 4 is 5.91 Å². The summed E-state index contributed by atoms with van der Waals surface area (Å²) < 4.78 is 52.2. The molecule has 34 heavy (non-hydrogen) atoms. The third kappa shape index (κ3) is 6.25. The van der Waals surface area contributed by atoms with Crippen LogP contribution in [0.1, 0.15) is 23.5 Å². The molecule has 7 nitrogen and oxygen atoms in total. The number of nitrogens with zero attached hydrogens (tertiary/aromatic N) is 3.